The van der Waals surface area contributed by atoms with Gasteiger partial charge in [0.05, 0.1) is 12.1 Å². The molecule has 0 fully saturated rings. The van der Waals surface area contributed by atoms with Crippen LogP contribution >= 0.6 is 23.5 Å². The molecule has 0 aromatic carbocycles. The third-order valence-corrected chi connectivity index (χ3v) is 9.65. The lowest BCUT2D eigenvalue weighted by molar-refractivity contribution is -0.127. The first-order chi connectivity index (χ1) is 21.8. The van der Waals surface area contributed by atoms with Gasteiger partial charge < -0.3 is 24.7 Å². The van der Waals surface area contributed by atoms with Crippen molar-refractivity contribution in [1.82, 2.24) is 10.6 Å². The van der Waals surface area contributed by atoms with E-state index in [0.29, 0.717) is 23.4 Å². The van der Waals surface area contributed by atoms with E-state index in [2.05, 4.69) is 25.8 Å². The molecule has 2 amide bonds. The number of thioether (sulfide) groups is 2. The van der Waals surface area contributed by atoms with Crippen LogP contribution < -0.4 is 33.4 Å². The summed E-state index contributed by atoms with van der Waals surface area (Å²) < 4.78 is 10.8. The Kier molecular flexibility index (Phi) is 11.0. The minimum atomic E-state index is -1.67. The van der Waals surface area contributed by atoms with Crippen LogP contribution in [0.25, 0.3) is 0 Å². The molecule has 4 atom stereocenters. The maximum Gasteiger partial charge on any atom is 0.336 e. The zero-order valence-corrected chi connectivity index (χ0v) is 27.0. The largest absolute Gasteiger partial charge is 0.426 e. The number of nitrogens with zero attached hydrogens (tertiary/aromatic N) is 3. The van der Waals surface area contributed by atoms with Gasteiger partial charge in [0.25, 0.3) is 11.8 Å². The summed E-state index contributed by atoms with van der Waals surface area (Å²) in [6.07, 6.45) is 1.43. The number of hydrogen-bond acceptors (Lipinski definition) is 15. The number of Topliss-reactive ketones (excluding diaryl/α,β-unsaturated/α-hetero) is 1. The first-order valence-electron chi connectivity index (χ1n) is 14.4. The SMILES string of the molecule is CCC[C@@H](NC(=O)[C@]1(N)CSC(C(C)=O)=N1)c1cc(CC[C@@H](NC(=O)[C@]2(N)CSC(/C(C)=N/O)=N2)c2cccc(=O)o2)cc(=O)o1. The lowest BCUT2D eigenvalue weighted by Crippen LogP contribution is -2.54. The Bertz CT molecular complexity index is 1720. The predicted octanol–water partition coefficient (Wildman–Crippen LogP) is 1.38. The summed E-state index contributed by atoms with van der Waals surface area (Å²) in [6, 6.07) is 5.62. The second-order valence-corrected chi connectivity index (χ2v) is 12.8. The van der Waals surface area contributed by atoms with Gasteiger partial charge in [-0.3, -0.25) is 25.9 Å². The van der Waals surface area contributed by atoms with Gasteiger partial charge in [-0.25, -0.2) is 19.6 Å². The molecule has 4 rings (SSSR count). The van der Waals surface area contributed by atoms with E-state index in [9.17, 15) is 24.0 Å². The summed E-state index contributed by atoms with van der Waals surface area (Å²) in [5.41, 5.74) is 8.67. The summed E-state index contributed by atoms with van der Waals surface area (Å²) in [5.74, 6) is -1.01. The minimum absolute atomic E-state index is 0.0866. The van der Waals surface area contributed by atoms with Gasteiger partial charge in [-0.1, -0.05) is 36.3 Å². The quantitative estimate of drug-likeness (QED) is 0.115. The molecular weight excluding hydrogens is 638 g/mol. The van der Waals surface area contributed by atoms with Crippen LogP contribution in [0.4, 0.5) is 0 Å². The smallest absolute Gasteiger partial charge is 0.336 e. The number of amides is 2. The van der Waals surface area contributed by atoms with Gasteiger partial charge in [-0.05, 0) is 43.9 Å². The molecule has 0 aliphatic carbocycles. The molecule has 7 N–H and O–H groups in total. The summed E-state index contributed by atoms with van der Waals surface area (Å²) in [6.45, 7) is 4.77. The van der Waals surface area contributed by atoms with Crippen molar-refractivity contribution >= 4 is 56.9 Å². The van der Waals surface area contributed by atoms with Crippen molar-refractivity contribution in [1.29, 1.82) is 0 Å². The Balaban J connectivity index is 1.55. The molecule has 17 heteroatoms. The van der Waals surface area contributed by atoms with E-state index in [1.165, 1.54) is 38.1 Å². The van der Waals surface area contributed by atoms with Crippen molar-refractivity contribution in [3.8, 4) is 0 Å². The first-order valence-corrected chi connectivity index (χ1v) is 16.3. The molecule has 2 aromatic heterocycles. The lowest BCUT2D eigenvalue weighted by Gasteiger charge is -2.25. The standard InChI is InChI=1S/C29H35N7O8S2/c1-4-6-18(32-27(41)29(31)14-46-25(35-29)16(3)37)21-11-17(12-23(39)44-21)9-10-19(20-7-5-8-22(38)43-20)33-26(40)28(30)13-45-24(34-28)15(2)36-42/h5,7-8,11-12,18-19,42H,4,6,9-10,13-14,30-31H2,1-3H3,(H,32,41)(H,33,40)/b36-15+/t18-,19-,28+,29+/m1/s1. The summed E-state index contributed by atoms with van der Waals surface area (Å²) >= 11 is 2.26. The summed E-state index contributed by atoms with van der Waals surface area (Å²) in [4.78, 5) is 71.3. The molecule has 2 aliphatic heterocycles. The minimum Gasteiger partial charge on any atom is -0.426 e. The predicted molar refractivity (Wildman–Crippen MR) is 174 cm³/mol. The molecule has 246 valence electrons. The highest BCUT2D eigenvalue weighted by molar-refractivity contribution is 8.16. The molecule has 0 bridgehead atoms. The summed E-state index contributed by atoms with van der Waals surface area (Å²) in [7, 11) is 0. The number of carbonyl (C=O) groups is 3. The molecule has 4 heterocycles. The molecule has 0 radical (unpaired) electrons. The van der Waals surface area contributed by atoms with Gasteiger partial charge in [0.2, 0.25) is 0 Å². The van der Waals surface area contributed by atoms with Gasteiger partial charge in [-0.15, -0.1) is 11.8 Å². The fourth-order valence-corrected chi connectivity index (χ4v) is 6.70. The number of oxime groups is 1. The van der Waals surface area contributed by atoms with Crippen molar-refractivity contribution in [2.75, 3.05) is 11.5 Å². The normalized spacial score (nSPS) is 22.5. The van der Waals surface area contributed by atoms with Crippen molar-refractivity contribution in [2.45, 2.75) is 69.9 Å². The average molecular weight is 674 g/mol. The topological polar surface area (TPSA) is 245 Å². The van der Waals surface area contributed by atoms with E-state index in [1.54, 1.807) is 6.07 Å². The third kappa shape index (κ3) is 8.20. The number of nitrogens with one attached hydrogen (secondary N) is 2. The molecular formula is C29H35N7O8S2. The number of rotatable bonds is 13. The molecule has 2 aromatic rings. The van der Waals surface area contributed by atoms with E-state index in [0.717, 1.165) is 23.5 Å². The monoisotopic (exact) mass is 673 g/mol. The van der Waals surface area contributed by atoms with Crippen molar-refractivity contribution < 1.29 is 28.4 Å². The van der Waals surface area contributed by atoms with Crippen LogP contribution in [0, 0.1) is 0 Å². The van der Waals surface area contributed by atoms with Crippen LogP contribution in [0.1, 0.15) is 69.2 Å². The van der Waals surface area contributed by atoms with Gasteiger partial charge >= 0.3 is 11.3 Å². The van der Waals surface area contributed by atoms with Gasteiger partial charge in [0, 0.05) is 30.6 Å². The number of hydrogen-bond donors (Lipinski definition) is 5. The third-order valence-electron chi connectivity index (χ3n) is 7.16. The maximum absolute atomic E-state index is 13.3. The van der Waals surface area contributed by atoms with E-state index >= 15 is 0 Å². The molecule has 46 heavy (non-hydrogen) atoms. The zero-order valence-electron chi connectivity index (χ0n) is 25.4. The molecule has 0 saturated heterocycles. The fraction of sp³-hybridized carbons (Fsp3) is 0.448. The van der Waals surface area contributed by atoms with E-state index in [1.807, 2.05) is 6.92 Å². The average Bonchev–Trinajstić information content (AvgIpc) is 3.63. The number of nitrogens with two attached hydrogens (primary N) is 2. The first kappa shape index (κ1) is 34.8. The highest BCUT2D eigenvalue weighted by Gasteiger charge is 2.42. The molecule has 0 spiro atoms. The van der Waals surface area contributed by atoms with Crippen LogP contribution in [0.2, 0.25) is 0 Å². The van der Waals surface area contributed by atoms with Gasteiger partial charge in [0.1, 0.15) is 27.3 Å². The van der Waals surface area contributed by atoms with Crippen LogP contribution in [0.15, 0.2) is 63.9 Å². The molecule has 2 aliphatic rings. The van der Waals surface area contributed by atoms with Crippen LogP contribution in [-0.2, 0) is 20.8 Å². The fourth-order valence-electron chi connectivity index (χ4n) is 4.69. The molecule has 0 saturated carbocycles. The Morgan fingerprint density at radius 2 is 1.52 bits per heavy atom. The summed E-state index contributed by atoms with van der Waals surface area (Å²) in [5, 5.41) is 18.3. The van der Waals surface area contributed by atoms with Crippen LogP contribution in [-0.4, -0.2) is 61.4 Å². The van der Waals surface area contributed by atoms with E-state index in [-0.39, 0.29) is 52.4 Å². The van der Waals surface area contributed by atoms with E-state index in [4.69, 9.17) is 25.5 Å². The Labute approximate surface area is 271 Å². The van der Waals surface area contributed by atoms with Crippen molar-refractivity contribution in [3.05, 3.63) is 68.3 Å². The number of aliphatic imine (C=N–C) groups is 2. The number of aryl methyl sites for hydroxylation is 1. The highest BCUT2D eigenvalue weighted by atomic mass is 32.2. The highest BCUT2D eigenvalue weighted by Crippen LogP contribution is 2.29. The van der Waals surface area contributed by atoms with Crippen molar-refractivity contribution in [2.24, 2.45) is 26.6 Å². The second kappa shape index (κ2) is 14.6. The Morgan fingerprint density at radius 3 is 2.09 bits per heavy atom. The molecule has 0 unspecified atom stereocenters. The second-order valence-electron chi connectivity index (χ2n) is 10.9. The Morgan fingerprint density at radius 1 is 0.935 bits per heavy atom. The van der Waals surface area contributed by atoms with Crippen LogP contribution in [0.5, 0.6) is 0 Å². The zero-order chi connectivity index (χ0) is 33.6. The van der Waals surface area contributed by atoms with Crippen molar-refractivity contribution in [3.63, 3.8) is 0 Å². The maximum atomic E-state index is 13.3. The van der Waals surface area contributed by atoms with Gasteiger partial charge in [0.15, 0.2) is 17.1 Å². The Hall–Kier alpha value is -4.06. The number of ketones is 1. The molecule has 15 nitrogen and oxygen atoms in total. The number of carbonyl (C=O) groups excluding carboxylic acids is 3. The van der Waals surface area contributed by atoms with Gasteiger partial charge in [-0.2, -0.15) is 0 Å². The van der Waals surface area contributed by atoms with E-state index < -0.39 is 46.5 Å². The van der Waals surface area contributed by atoms with Crippen LogP contribution in [0.3, 0.4) is 0 Å². The lowest BCUT2D eigenvalue weighted by atomic mass is 10.0.